The van der Waals surface area contributed by atoms with Gasteiger partial charge in [-0.2, -0.15) is 0 Å². The van der Waals surface area contributed by atoms with Crippen LogP contribution in [0.15, 0.2) is 52.2 Å². The number of oxime groups is 1. The average Bonchev–Trinajstić information content (AvgIpc) is 2.97. The van der Waals surface area contributed by atoms with Crippen LogP contribution in [0.5, 0.6) is 0 Å². The van der Waals surface area contributed by atoms with Crippen LogP contribution in [0.2, 0.25) is 0 Å². The van der Waals surface area contributed by atoms with Gasteiger partial charge in [0.2, 0.25) is 0 Å². The first-order valence-electron chi connectivity index (χ1n) is 11.6. The molecule has 5 rings (SSSR count). The van der Waals surface area contributed by atoms with Crippen LogP contribution in [0.3, 0.4) is 0 Å². The third kappa shape index (κ3) is 2.85. The number of nitrogens with zero attached hydrogens (tertiary/aromatic N) is 1. The molecule has 4 aliphatic carbocycles. The van der Waals surface area contributed by atoms with Crippen LogP contribution >= 0.6 is 0 Å². The highest BCUT2D eigenvalue weighted by Crippen LogP contribution is 2.69. The quantitative estimate of drug-likeness (QED) is 0.352. The van der Waals surface area contributed by atoms with Gasteiger partial charge in [0.05, 0.1) is 6.21 Å². The number of allylic oxidation sites excluding steroid dienone is 4. The Balaban J connectivity index is 1.66. The second-order valence-corrected chi connectivity index (χ2v) is 10.8. The van der Waals surface area contributed by atoms with E-state index < -0.39 is 0 Å². The zero-order chi connectivity index (χ0) is 21.1. The van der Waals surface area contributed by atoms with Crippen LogP contribution in [0.1, 0.15) is 82.8 Å². The van der Waals surface area contributed by atoms with Crippen LogP contribution in [0.25, 0.3) is 0 Å². The number of hydrogen-bond acceptors (Lipinski definition) is 3. The number of fused-ring (bicyclic) bond motifs is 4. The molecule has 0 heterocycles. The summed E-state index contributed by atoms with van der Waals surface area (Å²) in [5.41, 5.74) is 7.49. The highest BCUT2D eigenvalue weighted by molar-refractivity contribution is 5.93. The molecule has 0 radical (unpaired) electrons. The molecular formula is C27H33NO2. The predicted octanol–water partition coefficient (Wildman–Crippen LogP) is 6.42. The minimum absolute atomic E-state index is 0.305. The maximum absolute atomic E-state index is 12.1. The Morgan fingerprint density at radius 1 is 1.07 bits per heavy atom. The van der Waals surface area contributed by atoms with Crippen molar-refractivity contribution in [3.63, 3.8) is 0 Å². The molecule has 0 bridgehead atoms. The fourth-order valence-corrected chi connectivity index (χ4v) is 7.30. The van der Waals surface area contributed by atoms with E-state index in [1.807, 2.05) is 6.08 Å². The van der Waals surface area contributed by atoms with Crippen LogP contribution in [0, 0.1) is 22.7 Å². The highest BCUT2D eigenvalue weighted by Gasteiger charge is 2.59. The van der Waals surface area contributed by atoms with Gasteiger partial charge in [-0.05, 0) is 89.5 Å². The summed E-state index contributed by atoms with van der Waals surface area (Å²) < 4.78 is 0. The van der Waals surface area contributed by atoms with Crippen LogP contribution in [-0.4, -0.2) is 17.2 Å². The lowest BCUT2D eigenvalue weighted by molar-refractivity contribution is -0.114. The van der Waals surface area contributed by atoms with Crippen molar-refractivity contribution in [3.8, 4) is 0 Å². The lowest BCUT2D eigenvalue weighted by Gasteiger charge is -2.55. The number of carbonyl (C=O) groups is 1. The van der Waals surface area contributed by atoms with Gasteiger partial charge in [-0.1, -0.05) is 55.8 Å². The number of benzene rings is 1. The molecule has 30 heavy (non-hydrogen) atoms. The van der Waals surface area contributed by atoms with Crippen molar-refractivity contribution in [1.29, 1.82) is 0 Å². The molecule has 3 nitrogen and oxygen atoms in total. The lowest BCUT2D eigenvalue weighted by atomic mass is 9.49. The van der Waals surface area contributed by atoms with Gasteiger partial charge in [-0.3, -0.25) is 4.79 Å². The molecule has 3 heteroatoms. The van der Waals surface area contributed by atoms with Gasteiger partial charge in [0.1, 0.15) is 0 Å². The Bertz CT molecular complexity index is 965. The third-order valence-corrected chi connectivity index (χ3v) is 9.30. The first kappa shape index (κ1) is 19.8. The molecule has 0 spiro atoms. The van der Waals surface area contributed by atoms with Crippen molar-refractivity contribution >= 4 is 12.0 Å². The predicted molar refractivity (Wildman–Crippen MR) is 120 cm³/mol. The molecular weight excluding hydrogens is 370 g/mol. The second kappa shape index (κ2) is 6.93. The molecule has 0 aliphatic heterocycles. The van der Waals surface area contributed by atoms with Crippen molar-refractivity contribution in [2.45, 2.75) is 71.6 Å². The SMILES string of the molecule is CC1(C)CCC2C3CCC4=CC(=O)CCC4=C3C(c3ccc(/C=N/O)cc3)CC21C. The van der Waals surface area contributed by atoms with Gasteiger partial charge >= 0.3 is 0 Å². The summed E-state index contributed by atoms with van der Waals surface area (Å²) >= 11 is 0. The first-order valence-corrected chi connectivity index (χ1v) is 11.6. The van der Waals surface area contributed by atoms with E-state index >= 15 is 0 Å². The van der Waals surface area contributed by atoms with Gasteiger partial charge in [0, 0.05) is 12.3 Å². The van der Waals surface area contributed by atoms with E-state index in [0.717, 1.165) is 24.3 Å². The van der Waals surface area contributed by atoms with E-state index in [4.69, 9.17) is 5.21 Å². The van der Waals surface area contributed by atoms with E-state index in [9.17, 15) is 4.79 Å². The van der Waals surface area contributed by atoms with Crippen LogP contribution < -0.4 is 0 Å². The summed E-state index contributed by atoms with van der Waals surface area (Å²) in [4.78, 5) is 12.1. The second-order valence-electron chi connectivity index (χ2n) is 10.8. The van der Waals surface area contributed by atoms with Crippen molar-refractivity contribution in [1.82, 2.24) is 0 Å². The molecule has 158 valence electrons. The molecule has 1 aromatic carbocycles. The zero-order valence-corrected chi connectivity index (χ0v) is 18.4. The van der Waals surface area contributed by atoms with Crippen LogP contribution in [0.4, 0.5) is 0 Å². The Morgan fingerprint density at radius 3 is 2.57 bits per heavy atom. The number of carbonyl (C=O) groups excluding carboxylic acids is 1. The van der Waals surface area contributed by atoms with E-state index in [0.29, 0.717) is 34.9 Å². The summed E-state index contributed by atoms with van der Waals surface area (Å²) in [7, 11) is 0. The fraction of sp³-hybridized carbons (Fsp3) is 0.556. The van der Waals surface area contributed by atoms with Gasteiger partial charge in [-0.15, -0.1) is 0 Å². The summed E-state index contributed by atoms with van der Waals surface area (Å²) in [5.74, 6) is 2.13. The summed E-state index contributed by atoms with van der Waals surface area (Å²) in [6.07, 6.45) is 11.1. The number of rotatable bonds is 2. The average molecular weight is 404 g/mol. The highest BCUT2D eigenvalue weighted by atomic mass is 16.4. The van der Waals surface area contributed by atoms with Gasteiger partial charge in [0.15, 0.2) is 5.78 Å². The number of ketones is 1. The molecule has 4 aliphatic rings. The van der Waals surface area contributed by atoms with E-state index in [1.54, 1.807) is 5.57 Å². The maximum atomic E-state index is 12.1. The summed E-state index contributed by atoms with van der Waals surface area (Å²) in [5, 5.41) is 12.0. The molecule has 4 unspecified atom stereocenters. The fourth-order valence-electron chi connectivity index (χ4n) is 7.30. The van der Waals surface area contributed by atoms with Gasteiger partial charge in [-0.25, -0.2) is 0 Å². The normalized spacial score (nSPS) is 35.1. The molecule has 2 saturated carbocycles. The Labute approximate surface area is 179 Å². The summed E-state index contributed by atoms with van der Waals surface area (Å²) in [6.45, 7) is 7.52. The Kier molecular flexibility index (Phi) is 4.57. The Morgan fingerprint density at radius 2 is 1.83 bits per heavy atom. The third-order valence-electron chi connectivity index (χ3n) is 9.30. The molecule has 0 amide bonds. The maximum Gasteiger partial charge on any atom is 0.156 e. The molecule has 1 aromatic rings. The zero-order valence-electron chi connectivity index (χ0n) is 18.4. The molecule has 0 saturated heterocycles. The van der Waals surface area contributed by atoms with E-state index in [2.05, 4.69) is 50.2 Å². The van der Waals surface area contributed by atoms with Crippen molar-refractivity contribution in [2.75, 3.05) is 0 Å². The van der Waals surface area contributed by atoms with Crippen molar-refractivity contribution in [3.05, 3.63) is 58.2 Å². The minimum Gasteiger partial charge on any atom is -0.411 e. The molecule has 1 N–H and O–H groups in total. The summed E-state index contributed by atoms with van der Waals surface area (Å²) in [6, 6.07) is 8.58. The van der Waals surface area contributed by atoms with Gasteiger partial charge < -0.3 is 5.21 Å². The molecule has 4 atom stereocenters. The molecule has 0 aromatic heterocycles. The standard InChI is InChI=1S/C27H33NO2/c1-26(2)13-12-24-22-10-8-19-14-20(29)9-11-21(19)25(22)23(15-27(24,26)3)18-6-4-17(5-7-18)16-28-30/h4-7,14,16,22-24,30H,8-13,15H2,1-3H3/b28-16+. The minimum atomic E-state index is 0.305. The topological polar surface area (TPSA) is 49.7 Å². The van der Waals surface area contributed by atoms with Crippen molar-refractivity contribution in [2.24, 2.45) is 27.8 Å². The molecule has 2 fully saturated rings. The van der Waals surface area contributed by atoms with E-state index in [1.165, 1.54) is 48.6 Å². The first-order chi connectivity index (χ1) is 14.3. The van der Waals surface area contributed by atoms with Crippen LogP contribution in [-0.2, 0) is 4.79 Å². The lowest BCUT2D eigenvalue weighted by Crippen LogP contribution is -2.46. The largest absolute Gasteiger partial charge is 0.411 e. The number of hydrogen-bond donors (Lipinski definition) is 1. The Hall–Kier alpha value is -2.16. The van der Waals surface area contributed by atoms with E-state index in [-0.39, 0.29) is 0 Å². The monoisotopic (exact) mass is 403 g/mol. The smallest absolute Gasteiger partial charge is 0.156 e. The van der Waals surface area contributed by atoms with Crippen molar-refractivity contribution < 1.29 is 10.0 Å². The van der Waals surface area contributed by atoms with Gasteiger partial charge in [0.25, 0.3) is 0 Å².